The average molecular weight is 209 g/mol. The van der Waals surface area contributed by atoms with Crippen molar-refractivity contribution in [2.75, 3.05) is 27.2 Å². The van der Waals surface area contributed by atoms with E-state index in [1.165, 1.54) is 19.5 Å². The Kier molecular flexibility index (Phi) is 3.38. The molecule has 2 rings (SSSR count). The van der Waals surface area contributed by atoms with Crippen LogP contribution in [-0.2, 0) is 13.0 Å². The molecule has 1 saturated heterocycles. The van der Waals surface area contributed by atoms with Gasteiger partial charge in [-0.25, -0.2) is 4.98 Å². The lowest BCUT2D eigenvalue weighted by Gasteiger charge is -2.07. The highest BCUT2D eigenvalue weighted by atomic mass is 16.4. The summed E-state index contributed by atoms with van der Waals surface area (Å²) in [5.74, 6) is 2.54. The number of oxazole rings is 1. The van der Waals surface area contributed by atoms with Crippen LogP contribution >= 0.6 is 0 Å². The molecule has 1 unspecified atom stereocenters. The molecule has 0 aliphatic carbocycles. The number of aromatic nitrogens is 1. The highest BCUT2D eigenvalue weighted by Gasteiger charge is 2.21. The van der Waals surface area contributed by atoms with Gasteiger partial charge in [-0.2, -0.15) is 0 Å². The second-order valence-electron chi connectivity index (χ2n) is 4.37. The number of nitrogens with one attached hydrogen (secondary N) is 1. The zero-order valence-electron chi connectivity index (χ0n) is 9.49. The third-order valence-corrected chi connectivity index (χ3v) is 2.90. The van der Waals surface area contributed by atoms with Gasteiger partial charge in [-0.1, -0.05) is 0 Å². The summed E-state index contributed by atoms with van der Waals surface area (Å²) in [5.41, 5.74) is 0. The minimum atomic E-state index is 0.719. The zero-order chi connectivity index (χ0) is 10.7. The van der Waals surface area contributed by atoms with Crippen LogP contribution in [0, 0.1) is 5.92 Å². The maximum atomic E-state index is 5.63. The highest BCUT2D eigenvalue weighted by Crippen LogP contribution is 2.19. The first kappa shape index (κ1) is 10.6. The number of likely N-dealkylation sites (tertiary alicyclic amines) is 1. The fourth-order valence-electron chi connectivity index (χ4n) is 2.14. The van der Waals surface area contributed by atoms with Crippen molar-refractivity contribution in [1.29, 1.82) is 0 Å². The van der Waals surface area contributed by atoms with E-state index in [1.54, 1.807) is 0 Å². The lowest BCUT2D eigenvalue weighted by Crippen LogP contribution is -2.15. The molecule has 1 aliphatic rings. The van der Waals surface area contributed by atoms with Crippen LogP contribution < -0.4 is 5.32 Å². The number of hydrogen-bond donors (Lipinski definition) is 1. The molecular weight excluding hydrogens is 190 g/mol. The van der Waals surface area contributed by atoms with E-state index in [1.807, 2.05) is 13.2 Å². The third-order valence-electron chi connectivity index (χ3n) is 2.90. The molecule has 0 saturated carbocycles. The second-order valence-corrected chi connectivity index (χ2v) is 4.37. The van der Waals surface area contributed by atoms with Gasteiger partial charge in [-0.05, 0) is 33.0 Å². The van der Waals surface area contributed by atoms with Crippen molar-refractivity contribution in [3.8, 4) is 0 Å². The largest absolute Gasteiger partial charge is 0.444 e. The van der Waals surface area contributed by atoms with Gasteiger partial charge in [0.25, 0.3) is 0 Å². The van der Waals surface area contributed by atoms with E-state index in [-0.39, 0.29) is 0 Å². The van der Waals surface area contributed by atoms with Crippen LogP contribution in [0.3, 0.4) is 0 Å². The van der Waals surface area contributed by atoms with Gasteiger partial charge >= 0.3 is 0 Å². The maximum absolute atomic E-state index is 5.63. The standard InChI is InChI=1S/C11H19N3O/c1-12-6-10-7-13-11(15-10)5-9-3-4-14(2)8-9/h7,9,12H,3-6,8H2,1-2H3. The van der Waals surface area contributed by atoms with Crippen molar-refractivity contribution in [3.63, 3.8) is 0 Å². The van der Waals surface area contributed by atoms with Crippen LogP contribution in [0.15, 0.2) is 10.6 Å². The quantitative estimate of drug-likeness (QED) is 0.799. The van der Waals surface area contributed by atoms with E-state index in [9.17, 15) is 0 Å². The predicted octanol–water partition coefficient (Wildman–Crippen LogP) is 0.888. The molecule has 0 bridgehead atoms. The first-order valence-corrected chi connectivity index (χ1v) is 5.54. The van der Waals surface area contributed by atoms with Crippen LogP contribution in [-0.4, -0.2) is 37.1 Å². The summed E-state index contributed by atoms with van der Waals surface area (Å²) < 4.78 is 5.63. The van der Waals surface area contributed by atoms with Gasteiger partial charge in [0, 0.05) is 13.0 Å². The van der Waals surface area contributed by atoms with Gasteiger partial charge in [0.15, 0.2) is 5.89 Å². The molecule has 1 aromatic rings. The minimum absolute atomic E-state index is 0.719. The molecule has 0 aromatic carbocycles. The van der Waals surface area contributed by atoms with E-state index >= 15 is 0 Å². The average Bonchev–Trinajstić information content (AvgIpc) is 2.78. The summed E-state index contributed by atoms with van der Waals surface area (Å²) in [5, 5.41) is 3.06. The van der Waals surface area contributed by atoms with Gasteiger partial charge in [0.2, 0.25) is 0 Å². The van der Waals surface area contributed by atoms with Gasteiger partial charge < -0.3 is 14.6 Å². The Morgan fingerprint density at radius 1 is 1.67 bits per heavy atom. The van der Waals surface area contributed by atoms with Crippen LogP contribution in [0.4, 0.5) is 0 Å². The molecule has 15 heavy (non-hydrogen) atoms. The summed E-state index contributed by atoms with van der Waals surface area (Å²) in [7, 11) is 4.08. The molecule has 2 heterocycles. The maximum Gasteiger partial charge on any atom is 0.194 e. The number of hydrogen-bond acceptors (Lipinski definition) is 4. The lowest BCUT2D eigenvalue weighted by molar-refractivity contribution is 0.372. The van der Waals surface area contributed by atoms with Crippen molar-refractivity contribution in [2.24, 2.45) is 5.92 Å². The molecule has 1 fully saturated rings. The predicted molar refractivity (Wildman–Crippen MR) is 58.6 cm³/mol. The second kappa shape index (κ2) is 4.77. The summed E-state index contributed by atoms with van der Waals surface area (Å²) in [6, 6.07) is 0. The molecule has 4 nitrogen and oxygen atoms in total. The van der Waals surface area contributed by atoms with Crippen molar-refractivity contribution >= 4 is 0 Å². The van der Waals surface area contributed by atoms with E-state index < -0.39 is 0 Å². The Bertz CT molecular complexity index is 311. The Balaban J connectivity index is 1.87. The van der Waals surface area contributed by atoms with Gasteiger partial charge in [-0.3, -0.25) is 0 Å². The molecule has 4 heteroatoms. The van der Waals surface area contributed by atoms with Crippen molar-refractivity contribution < 1.29 is 4.42 Å². The molecule has 0 amide bonds. The van der Waals surface area contributed by atoms with Crippen LogP contribution in [0.2, 0.25) is 0 Å². The van der Waals surface area contributed by atoms with E-state index in [2.05, 4.69) is 22.2 Å². The molecule has 1 atom stereocenters. The van der Waals surface area contributed by atoms with Gasteiger partial charge in [0.1, 0.15) is 5.76 Å². The monoisotopic (exact) mass is 209 g/mol. The smallest absolute Gasteiger partial charge is 0.194 e. The van der Waals surface area contributed by atoms with Crippen LogP contribution in [0.5, 0.6) is 0 Å². The Hall–Kier alpha value is -0.870. The molecule has 0 spiro atoms. The molecule has 1 aliphatic heterocycles. The van der Waals surface area contributed by atoms with Crippen LogP contribution in [0.1, 0.15) is 18.1 Å². The first-order chi connectivity index (χ1) is 7.28. The van der Waals surface area contributed by atoms with Crippen molar-refractivity contribution in [1.82, 2.24) is 15.2 Å². The van der Waals surface area contributed by atoms with E-state index in [4.69, 9.17) is 4.42 Å². The number of nitrogens with zero attached hydrogens (tertiary/aromatic N) is 2. The minimum Gasteiger partial charge on any atom is -0.444 e. The number of rotatable bonds is 4. The third kappa shape index (κ3) is 2.79. The molecular formula is C11H19N3O. The van der Waals surface area contributed by atoms with Gasteiger partial charge in [-0.15, -0.1) is 0 Å². The zero-order valence-corrected chi connectivity index (χ0v) is 9.49. The fourth-order valence-corrected chi connectivity index (χ4v) is 2.14. The van der Waals surface area contributed by atoms with E-state index in [0.29, 0.717) is 0 Å². The fraction of sp³-hybridized carbons (Fsp3) is 0.727. The van der Waals surface area contributed by atoms with E-state index in [0.717, 1.165) is 30.5 Å². The van der Waals surface area contributed by atoms with Crippen LogP contribution in [0.25, 0.3) is 0 Å². The van der Waals surface area contributed by atoms with Gasteiger partial charge in [0.05, 0.1) is 12.7 Å². The Morgan fingerprint density at radius 3 is 3.20 bits per heavy atom. The molecule has 1 N–H and O–H groups in total. The summed E-state index contributed by atoms with van der Waals surface area (Å²) in [6.07, 6.45) is 4.07. The van der Waals surface area contributed by atoms with Crippen molar-refractivity contribution in [3.05, 3.63) is 17.8 Å². The lowest BCUT2D eigenvalue weighted by atomic mass is 10.1. The normalized spacial score (nSPS) is 22.4. The SMILES string of the molecule is CNCc1cnc(CC2CCN(C)C2)o1. The molecule has 1 aromatic heterocycles. The molecule has 0 radical (unpaired) electrons. The summed E-state index contributed by atoms with van der Waals surface area (Å²) >= 11 is 0. The Morgan fingerprint density at radius 2 is 2.53 bits per heavy atom. The topological polar surface area (TPSA) is 41.3 Å². The Labute approximate surface area is 90.7 Å². The summed E-state index contributed by atoms with van der Waals surface area (Å²) in [4.78, 5) is 6.66. The molecule has 84 valence electrons. The summed E-state index contributed by atoms with van der Waals surface area (Å²) in [6.45, 7) is 3.13. The van der Waals surface area contributed by atoms with Crippen molar-refractivity contribution in [2.45, 2.75) is 19.4 Å². The first-order valence-electron chi connectivity index (χ1n) is 5.54. The highest BCUT2D eigenvalue weighted by molar-refractivity contribution is 4.95.